The number of nitrogens with zero attached hydrogens (tertiary/aromatic N) is 1. The third-order valence-corrected chi connectivity index (χ3v) is 6.91. The van der Waals surface area contributed by atoms with Crippen molar-refractivity contribution in [3.63, 3.8) is 0 Å². The van der Waals surface area contributed by atoms with E-state index >= 15 is 0 Å². The monoisotopic (exact) mass is 436 g/mol. The van der Waals surface area contributed by atoms with Gasteiger partial charge in [0.2, 0.25) is 5.91 Å². The molecule has 0 bridgehead atoms. The highest BCUT2D eigenvalue weighted by atomic mass is 32.2. The molecular weight excluding hydrogens is 408 g/mol. The Balaban J connectivity index is 1.90. The molecule has 31 heavy (non-hydrogen) atoms. The largest absolute Gasteiger partial charge is 0.350 e. The van der Waals surface area contributed by atoms with Crippen LogP contribution in [0.2, 0.25) is 0 Å². The van der Waals surface area contributed by atoms with Gasteiger partial charge >= 0.3 is 0 Å². The van der Waals surface area contributed by atoms with Crippen LogP contribution in [0.15, 0.2) is 71.6 Å². The van der Waals surface area contributed by atoms with Gasteiger partial charge in [-0.2, -0.15) is 0 Å². The average molecular weight is 437 g/mol. The minimum absolute atomic E-state index is 0.158. The van der Waals surface area contributed by atoms with Crippen LogP contribution in [-0.4, -0.2) is 20.9 Å². The highest BCUT2D eigenvalue weighted by molar-refractivity contribution is 7.92. The lowest BCUT2D eigenvalue weighted by atomic mass is 10.1. The maximum Gasteiger partial charge on any atom is 0.264 e. The van der Waals surface area contributed by atoms with Gasteiger partial charge in [0.15, 0.2) is 0 Å². The number of carbonyl (C=O) groups is 1. The van der Waals surface area contributed by atoms with Crippen molar-refractivity contribution in [2.45, 2.75) is 39.1 Å². The molecule has 0 aliphatic heterocycles. The Kier molecular flexibility index (Phi) is 6.81. The van der Waals surface area contributed by atoms with Gasteiger partial charge in [0, 0.05) is 6.54 Å². The number of hydrogen-bond donors (Lipinski definition) is 1. The molecule has 0 aliphatic carbocycles. The van der Waals surface area contributed by atoms with E-state index in [0.717, 1.165) is 27.8 Å². The van der Waals surface area contributed by atoms with E-state index < -0.39 is 10.0 Å². The molecule has 0 saturated heterocycles. The summed E-state index contributed by atoms with van der Waals surface area (Å²) in [7, 11) is -3.92. The van der Waals surface area contributed by atoms with E-state index in [1.165, 1.54) is 4.31 Å². The molecule has 0 radical (unpaired) electrons. The summed E-state index contributed by atoms with van der Waals surface area (Å²) in [5.74, 6) is -0.364. The Hall–Kier alpha value is -3.12. The molecule has 0 unspecified atom stereocenters. The van der Waals surface area contributed by atoms with Crippen molar-refractivity contribution < 1.29 is 13.2 Å². The Labute approximate surface area is 184 Å². The zero-order valence-electron chi connectivity index (χ0n) is 18.3. The predicted molar refractivity (Wildman–Crippen MR) is 125 cm³/mol. The van der Waals surface area contributed by atoms with Crippen molar-refractivity contribution in [2.24, 2.45) is 0 Å². The molecule has 162 valence electrons. The van der Waals surface area contributed by atoms with Crippen molar-refractivity contribution in [3.8, 4) is 0 Å². The summed E-state index contributed by atoms with van der Waals surface area (Å²) in [4.78, 5) is 12.9. The topological polar surface area (TPSA) is 66.5 Å². The van der Waals surface area contributed by atoms with Crippen LogP contribution >= 0.6 is 0 Å². The molecule has 0 saturated carbocycles. The van der Waals surface area contributed by atoms with Crippen LogP contribution < -0.4 is 9.62 Å². The molecule has 1 N–H and O–H groups in total. The molecular formula is C25H28N2O3S. The summed E-state index contributed by atoms with van der Waals surface area (Å²) >= 11 is 0. The van der Waals surface area contributed by atoms with Crippen LogP contribution in [0.5, 0.6) is 0 Å². The predicted octanol–water partition coefficient (Wildman–Crippen LogP) is 4.43. The SMILES string of the molecule is Cc1ccc(CNC(=O)CN(c2cc(C)ccc2C)S(=O)(=O)c2ccc(C)cc2)cc1. The normalized spacial score (nSPS) is 11.2. The van der Waals surface area contributed by atoms with E-state index in [-0.39, 0.29) is 17.3 Å². The standard InChI is InChI=1S/C25H28N2O3S/c1-18-6-11-22(12-7-18)16-26-25(28)17-27(24-15-20(3)5-10-21(24)4)31(29,30)23-13-8-19(2)9-14-23/h5-15H,16-17H2,1-4H3,(H,26,28). The number of benzene rings is 3. The maximum atomic E-state index is 13.5. The molecule has 0 aliphatic rings. The highest BCUT2D eigenvalue weighted by Gasteiger charge is 2.28. The van der Waals surface area contributed by atoms with Crippen LogP contribution in [0.1, 0.15) is 27.8 Å². The fourth-order valence-electron chi connectivity index (χ4n) is 3.22. The van der Waals surface area contributed by atoms with Gasteiger partial charge in [-0.3, -0.25) is 9.10 Å². The average Bonchev–Trinajstić information content (AvgIpc) is 2.74. The number of anilines is 1. The summed E-state index contributed by atoms with van der Waals surface area (Å²) in [5.41, 5.74) is 5.27. The summed E-state index contributed by atoms with van der Waals surface area (Å²) < 4.78 is 28.2. The van der Waals surface area contributed by atoms with E-state index in [2.05, 4.69) is 5.32 Å². The fraction of sp³-hybridized carbons (Fsp3) is 0.240. The molecule has 1 amide bonds. The second-order valence-electron chi connectivity index (χ2n) is 7.88. The number of sulfonamides is 1. The van der Waals surface area contributed by atoms with Gasteiger partial charge in [-0.25, -0.2) is 8.42 Å². The molecule has 0 atom stereocenters. The molecule has 0 heterocycles. The Morgan fingerprint density at radius 2 is 1.35 bits per heavy atom. The van der Waals surface area contributed by atoms with E-state index in [1.807, 2.05) is 64.1 Å². The molecule has 3 aromatic rings. The first-order chi connectivity index (χ1) is 14.7. The lowest BCUT2D eigenvalue weighted by Gasteiger charge is -2.26. The maximum absolute atomic E-state index is 13.5. The van der Waals surface area contributed by atoms with Crippen molar-refractivity contribution in [1.29, 1.82) is 0 Å². The third-order valence-electron chi connectivity index (χ3n) is 5.14. The van der Waals surface area contributed by atoms with Gasteiger partial charge in [-0.05, 0) is 62.6 Å². The summed E-state index contributed by atoms with van der Waals surface area (Å²) in [6, 6.07) is 20.1. The lowest BCUT2D eigenvalue weighted by molar-refractivity contribution is -0.119. The number of aryl methyl sites for hydroxylation is 4. The number of carbonyl (C=O) groups excluding carboxylic acids is 1. The number of amides is 1. The van der Waals surface area contributed by atoms with Gasteiger partial charge in [0.05, 0.1) is 10.6 Å². The first-order valence-corrected chi connectivity index (χ1v) is 11.6. The summed E-state index contributed by atoms with van der Waals surface area (Å²) in [5, 5.41) is 2.84. The number of rotatable bonds is 7. The first-order valence-electron chi connectivity index (χ1n) is 10.2. The summed E-state index contributed by atoms with van der Waals surface area (Å²) in [6.07, 6.45) is 0. The minimum Gasteiger partial charge on any atom is -0.350 e. The Morgan fingerprint density at radius 3 is 1.97 bits per heavy atom. The molecule has 3 rings (SSSR count). The number of hydrogen-bond acceptors (Lipinski definition) is 3. The molecule has 3 aromatic carbocycles. The van der Waals surface area contributed by atoms with E-state index in [4.69, 9.17) is 0 Å². The molecule has 0 fully saturated rings. The van der Waals surface area contributed by atoms with Crippen LogP contribution in [0.3, 0.4) is 0 Å². The lowest BCUT2D eigenvalue weighted by Crippen LogP contribution is -2.41. The van der Waals surface area contributed by atoms with Gasteiger partial charge in [-0.1, -0.05) is 59.7 Å². The van der Waals surface area contributed by atoms with Crippen LogP contribution in [-0.2, 0) is 21.4 Å². The zero-order chi connectivity index (χ0) is 22.6. The second kappa shape index (κ2) is 9.35. The van der Waals surface area contributed by atoms with E-state index in [9.17, 15) is 13.2 Å². The third kappa shape index (κ3) is 5.52. The van der Waals surface area contributed by atoms with Crippen molar-refractivity contribution >= 4 is 21.6 Å². The molecule has 5 nitrogen and oxygen atoms in total. The zero-order valence-corrected chi connectivity index (χ0v) is 19.2. The van der Waals surface area contributed by atoms with Crippen molar-refractivity contribution in [1.82, 2.24) is 5.32 Å². The van der Waals surface area contributed by atoms with Crippen LogP contribution in [0.4, 0.5) is 5.69 Å². The highest BCUT2D eigenvalue weighted by Crippen LogP contribution is 2.28. The molecule has 6 heteroatoms. The van der Waals surface area contributed by atoms with E-state index in [1.54, 1.807) is 30.3 Å². The smallest absolute Gasteiger partial charge is 0.264 e. The van der Waals surface area contributed by atoms with Gasteiger partial charge < -0.3 is 5.32 Å². The van der Waals surface area contributed by atoms with E-state index in [0.29, 0.717) is 12.2 Å². The Morgan fingerprint density at radius 1 is 0.806 bits per heavy atom. The quantitative estimate of drug-likeness (QED) is 0.596. The van der Waals surface area contributed by atoms with Gasteiger partial charge in [0.25, 0.3) is 10.0 Å². The number of nitrogens with one attached hydrogen (secondary N) is 1. The Bertz CT molecular complexity index is 1170. The second-order valence-corrected chi connectivity index (χ2v) is 9.74. The van der Waals surface area contributed by atoms with Gasteiger partial charge in [-0.15, -0.1) is 0 Å². The van der Waals surface area contributed by atoms with Crippen LogP contribution in [0, 0.1) is 27.7 Å². The van der Waals surface area contributed by atoms with Crippen molar-refractivity contribution in [3.05, 3.63) is 94.5 Å². The summed E-state index contributed by atoms with van der Waals surface area (Å²) in [6.45, 7) is 7.68. The first kappa shape index (κ1) is 22.6. The minimum atomic E-state index is -3.92. The molecule has 0 aromatic heterocycles. The van der Waals surface area contributed by atoms with Crippen molar-refractivity contribution in [2.75, 3.05) is 10.8 Å². The van der Waals surface area contributed by atoms with Crippen LogP contribution in [0.25, 0.3) is 0 Å². The molecule has 0 spiro atoms. The fourth-order valence-corrected chi connectivity index (χ4v) is 4.70. The van der Waals surface area contributed by atoms with Gasteiger partial charge in [0.1, 0.15) is 6.54 Å².